The van der Waals surface area contributed by atoms with E-state index in [-0.39, 0.29) is 12.5 Å². The summed E-state index contributed by atoms with van der Waals surface area (Å²) in [7, 11) is 0. The van der Waals surface area contributed by atoms with Gasteiger partial charge in [-0.2, -0.15) is 0 Å². The molecule has 0 saturated carbocycles. The lowest BCUT2D eigenvalue weighted by atomic mass is 10.1. The van der Waals surface area contributed by atoms with Crippen molar-refractivity contribution in [1.82, 2.24) is 9.88 Å². The molecule has 0 aliphatic rings. The number of hydrogen-bond acceptors (Lipinski definition) is 5. The second-order valence-electron chi connectivity index (χ2n) is 4.82. The molecule has 3 N–H and O–H groups in total. The van der Waals surface area contributed by atoms with E-state index in [0.717, 1.165) is 10.2 Å². The van der Waals surface area contributed by atoms with Crippen LogP contribution >= 0.6 is 11.3 Å². The van der Waals surface area contributed by atoms with E-state index < -0.39 is 11.9 Å². The highest BCUT2D eigenvalue weighted by molar-refractivity contribution is 7.22. The molecule has 1 aromatic heterocycles. The first-order valence-corrected chi connectivity index (χ1v) is 7.42. The molecule has 0 radical (unpaired) electrons. The fraction of sp³-hybridized carbons (Fsp3) is 0.357. The van der Waals surface area contributed by atoms with Gasteiger partial charge in [0, 0.05) is 18.7 Å². The van der Waals surface area contributed by atoms with E-state index in [1.165, 1.54) is 16.2 Å². The minimum absolute atomic E-state index is 0.181. The summed E-state index contributed by atoms with van der Waals surface area (Å²) in [4.78, 5) is 29.1. The number of rotatable bonds is 5. The maximum Gasteiger partial charge on any atom is 0.308 e. The number of thiazole rings is 1. The van der Waals surface area contributed by atoms with Crippen molar-refractivity contribution < 1.29 is 14.7 Å². The van der Waals surface area contributed by atoms with Crippen LogP contribution in [0.3, 0.4) is 0 Å². The van der Waals surface area contributed by atoms with Gasteiger partial charge in [-0.1, -0.05) is 18.3 Å². The Labute approximate surface area is 126 Å². The summed E-state index contributed by atoms with van der Waals surface area (Å²) >= 11 is 1.32. The van der Waals surface area contributed by atoms with Gasteiger partial charge < -0.3 is 15.7 Å². The van der Waals surface area contributed by atoms with Crippen molar-refractivity contribution in [2.75, 3.05) is 18.8 Å². The Bertz CT molecular complexity index is 683. The van der Waals surface area contributed by atoms with Crippen molar-refractivity contribution in [2.24, 2.45) is 5.92 Å². The molecule has 2 rings (SSSR count). The van der Waals surface area contributed by atoms with Crippen LogP contribution in [0.2, 0.25) is 0 Å². The molecule has 0 aliphatic heterocycles. The molecule has 0 saturated heterocycles. The molecule has 1 aromatic carbocycles. The van der Waals surface area contributed by atoms with E-state index in [4.69, 9.17) is 10.8 Å². The fourth-order valence-corrected chi connectivity index (χ4v) is 2.80. The number of anilines is 1. The molecular weight excluding hydrogens is 290 g/mol. The van der Waals surface area contributed by atoms with E-state index in [1.807, 2.05) is 6.92 Å². The molecule has 0 spiro atoms. The molecule has 1 unspecified atom stereocenters. The SMILES string of the molecule is CCN(CC(C)C(=O)O)C(=O)c1ccc2nc(N)sc2c1. The Hall–Kier alpha value is -2.15. The first-order valence-electron chi connectivity index (χ1n) is 6.60. The standard InChI is InChI=1S/C14H17N3O3S/c1-3-17(7-8(2)13(19)20)12(18)9-4-5-10-11(6-9)21-14(15)16-10/h4-6,8H,3,7H2,1-2H3,(H2,15,16)(H,19,20). The lowest BCUT2D eigenvalue weighted by molar-refractivity contribution is -0.141. The molecule has 0 fully saturated rings. The number of benzene rings is 1. The van der Waals surface area contributed by atoms with Gasteiger partial charge in [-0.05, 0) is 25.1 Å². The number of nitrogens with zero attached hydrogens (tertiary/aromatic N) is 2. The van der Waals surface area contributed by atoms with Gasteiger partial charge in [0.1, 0.15) is 0 Å². The summed E-state index contributed by atoms with van der Waals surface area (Å²) < 4.78 is 0.848. The zero-order valence-electron chi connectivity index (χ0n) is 11.9. The summed E-state index contributed by atoms with van der Waals surface area (Å²) in [5.74, 6) is -1.69. The third kappa shape index (κ3) is 3.30. The van der Waals surface area contributed by atoms with Crippen LogP contribution in [-0.2, 0) is 4.79 Å². The number of hydrogen-bond donors (Lipinski definition) is 2. The third-order valence-corrected chi connectivity index (χ3v) is 4.08. The molecule has 7 heteroatoms. The van der Waals surface area contributed by atoms with Crippen molar-refractivity contribution in [3.05, 3.63) is 23.8 Å². The monoisotopic (exact) mass is 307 g/mol. The van der Waals surface area contributed by atoms with E-state index in [0.29, 0.717) is 17.2 Å². The highest BCUT2D eigenvalue weighted by Crippen LogP contribution is 2.25. The Morgan fingerprint density at radius 3 is 2.81 bits per heavy atom. The van der Waals surface area contributed by atoms with Crippen LogP contribution in [0.15, 0.2) is 18.2 Å². The fourth-order valence-electron chi connectivity index (χ4n) is 2.02. The predicted molar refractivity (Wildman–Crippen MR) is 82.4 cm³/mol. The Morgan fingerprint density at radius 1 is 1.48 bits per heavy atom. The minimum atomic E-state index is -0.910. The summed E-state index contributed by atoms with van der Waals surface area (Å²) in [5.41, 5.74) is 6.93. The average molecular weight is 307 g/mol. The number of nitrogen functional groups attached to an aromatic ring is 1. The van der Waals surface area contributed by atoms with Crippen LogP contribution in [-0.4, -0.2) is 40.0 Å². The normalized spacial score (nSPS) is 12.3. The number of carboxylic acids is 1. The maximum atomic E-state index is 12.5. The number of carboxylic acid groups (broad SMARTS) is 1. The number of aliphatic carboxylic acids is 1. The van der Waals surface area contributed by atoms with E-state index in [2.05, 4.69) is 4.98 Å². The molecular formula is C14H17N3O3S. The molecule has 6 nitrogen and oxygen atoms in total. The van der Waals surface area contributed by atoms with E-state index >= 15 is 0 Å². The quantitative estimate of drug-likeness (QED) is 0.881. The number of fused-ring (bicyclic) bond motifs is 1. The first-order chi connectivity index (χ1) is 9.92. The van der Waals surface area contributed by atoms with Gasteiger partial charge in [-0.15, -0.1) is 0 Å². The van der Waals surface area contributed by atoms with Gasteiger partial charge >= 0.3 is 5.97 Å². The molecule has 21 heavy (non-hydrogen) atoms. The largest absolute Gasteiger partial charge is 0.481 e. The van der Waals surface area contributed by atoms with Gasteiger partial charge in [0.05, 0.1) is 16.1 Å². The van der Waals surface area contributed by atoms with E-state index in [9.17, 15) is 9.59 Å². The zero-order chi connectivity index (χ0) is 15.6. The van der Waals surface area contributed by atoms with Gasteiger partial charge in [0.2, 0.25) is 0 Å². The maximum absolute atomic E-state index is 12.5. The summed E-state index contributed by atoms with van der Waals surface area (Å²) in [5, 5.41) is 9.42. The molecule has 0 bridgehead atoms. The zero-order valence-corrected chi connectivity index (χ0v) is 12.7. The van der Waals surface area contributed by atoms with E-state index in [1.54, 1.807) is 25.1 Å². The number of aromatic nitrogens is 1. The number of carbonyl (C=O) groups is 2. The van der Waals surface area contributed by atoms with Gasteiger partial charge in [-0.25, -0.2) is 4.98 Å². The van der Waals surface area contributed by atoms with Crippen molar-refractivity contribution >= 4 is 38.6 Å². The molecule has 1 amide bonds. The lowest BCUT2D eigenvalue weighted by Crippen LogP contribution is -2.36. The predicted octanol–water partition coefficient (Wildman–Crippen LogP) is 2.06. The van der Waals surface area contributed by atoms with Crippen LogP contribution < -0.4 is 5.73 Å². The van der Waals surface area contributed by atoms with Crippen LogP contribution in [0, 0.1) is 5.92 Å². The number of carbonyl (C=O) groups excluding carboxylic acids is 1. The van der Waals surface area contributed by atoms with Crippen LogP contribution in [0.25, 0.3) is 10.2 Å². The first kappa shape index (κ1) is 15.2. The van der Waals surface area contributed by atoms with Crippen molar-refractivity contribution in [2.45, 2.75) is 13.8 Å². The van der Waals surface area contributed by atoms with Gasteiger partial charge in [-0.3, -0.25) is 9.59 Å². The average Bonchev–Trinajstić information content (AvgIpc) is 2.82. The molecule has 0 aliphatic carbocycles. The minimum Gasteiger partial charge on any atom is -0.481 e. The topological polar surface area (TPSA) is 96.5 Å². The van der Waals surface area contributed by atoms with Crippen molar-refractivity contribution in [1.29, 1.82) is 0 Å². The summed E-state index contributed by atoms with van der Waals surface area (Å²) in [6, 6.07) is 5.20. The lowest BCUT2D eigenvalue weighted by Gasteiger charge is -2.23. The second kappa shape index (κ2) is 6.09. The molecule has 112 valence electrons. The van der Waals surface area contributed by atoms with Crippen LogP contribution in [0.4, 0.5) is 5.13 Å². The van der Waals surface area contributed by atoms with Crippen LogP contribution in [0.5, 0.6) is 0 Å². The van der Waals surface area contributed by atoms with Gasteiger partial charge in [0.15, 0.2) is 5.13 Å². The third-order valence-electron chi connectivity index (χ3n) is 3.24. The molecule has 1 heterocycles. The summed E-state index contributed by atoms with van der Waals surface area (Å²) in [6.07, 6.45) is 0. The van der Waals surface area contributed by atoms with Crippen molar-refractivity contribution in [3.63, 3.8) is 0 Å². The highest BCUT2D eigenvalue weighted by Gasteiger charge is 2.20. The second-order valence-corrected chi connectivity index (χ2v) is 5.88. The Kier molecular flexibility index (Phi) is 4.42. The summed E-state index contributed by atoms with van der Waals surface area (Å²) in [6.45, 7) is 4.06. The Balaban J connectivity index is 2.24. The number of amides is 1. The Morgan fingerprint density at radius 2 is 2.19 bits per heavy atom. The highest BCUT2D eigenvalue weighted by atomic mass is 32.1. The molecule has 2 aromatic rings. The van der Waals surface area contributed by atoms with Gasteiger partial charge in [0.25, 0.3) is 5.91 Å². The number of nitrogens with two attached hydrogens (primary N) is 1. The smallest absolute Gasteiger partial charge is 0.308 e. The van der Waals surface area contributed by atoms with Crippen molar-refractivity contribution in [3.8, 4) is 0 Å². The molecule has 1 atom stereocenters. The van der Waals surface area contributed by atoms with Crippen LogP contribution in [0.1, 0.15) is 24.2 Å².